The molecule has 9 heteroatoms. The SMILES string of the molecule is O=C(CSc1nnc(N2CCCCC2)n1C1CC1)N1CCN(c2ccc(F)cc2)CC1. The normalized spacial score (nSPS) is 19.7. The van der Waals surface area contributed by atoms with Crippen molar-refractivity contribution in [2.24, 2.45) is 0 Å². The summed E-state index contributed by atoms with van der Waals surface area (Å²) in [5.41, 5.74) is 1.01. The fourth-order valence-corrected chi connectivity index (χ4v) is 5.32. The largest absolute Gasteiger partial charge is 0.368 e. The van der Waals surface area contributed by atoms with Gasteiger partial charge in [-0.2, -0.15) is 0 Å². The van der Waals surface area contributed by atoms with E-state index in [2.05, 4.69) is 24.6 Å². The number of halogens is 1. The Morgan fingerprint density at radius 3 is 2.32 bits per heavy atom. The zero-order chi connectivity index (χ0) is 21.2. The maximum absolute atomic E-state index is 13.1. The van der Waals surface area contributed by atoms with Crippen LogP contribution in [0.3, 0.4) is 0 Å². The van der Waals surface area contributed by atoms with Gasteiger partial charge in [0.1, 0.15) is 5.82 Å². The maximum atomic E-state index is 13.1. The molecule has 0 N–H and O–H groups in total. The Kier molecular flexibility index (Phi) is 6.02. The van der Waals surface area contributed by atoms with Gasteiger partial charge in [-0.15, -0.1) is 10.2 Å². The summed E-state index contributed by atoms with van der Waals surface area (Å²) in [6, 6.07) is 7.06. The van der Waals surface area contributed by atoms with Gasteiger partial charge in [0, 0.05) is 51.0 Å². The van der Waals surface area contributed by atoms with Gasteiger partial charge in [-0.1, -0.05) is 11.8 Å². The van der Waals surface area contributed by atoms with Gasteiger partial charge < -0.3 is 14.7 Å². The van der Waals surface area contributed by atoms with Crippen LogP contribution in [-0.4, -0.2) is 70.6 Å². The molecule has 3 fully saturated rings. The van der Waals surface area contributed by atoms with E-state index in [4.69, 9.17) is 0 Å². The number of carbonyl (C=O) groups excluding carboxylic acids is 1. The van der Waals surface area contributed by atoms with Crippen molar-refractivity contribution in [3.8, 4) is 0 Å². The summed E-state index contributed by atoms with van der Waals surface area (Å²) >= 11 is 1.52. The van der Waals surface area contributed by atoms with Crippen molar-refractivity contribution in [1.82, 2.24) is 19.7 Å². The lowest BCUT2D eigenvalue weighted by Gasteiger charge is -2.36. The second-order valence-electron chi connectivity index (χ2n) is 8.56. The van der Waals surface area contributed by atoms with E-state index >= 15 is 0 Å². The average Bonchev–Trinajstić information content (AvgIpc) is 3.57. The monoisotopic (exact) mass is 444 g/mol. The molecule has 2 aliphatic heterocycles. The first-order chi connectivity index (χ1) is 15.2. The second kappa shape index (κ2) is 9.06. The summed E-state index contributed by atoms with van der Waals surface area (Å²) in [4.78, 5) is 19.3. The highest BCUT2D eigenvalue weighted by Gasteiger charge is 2.32. The van der Waals surface area contributed by atoms with Crippen molar-refractivity contribution in [2.75, 3.05) is 54.8 Å². The van der Waals surface area contributed by atoms with Crippen LogP contribution in [0.15, 0.2) is 29.4 Å². The van der Waals surface area contributed by atoms with Crippen molar-refractivity contribution in [2.45, 2.75) is 43.3 Å². The lowest BCUT2D eigenvalue weighted by Crippen LogP contribution is -2.49. The summed E-state index contributed by atoms with van der Waals surface area (Å²) in [6.45, 7) is 4.99. The van der Waals surface area contributed by atoms with Crippen molar-refractivity contribution >= 4 is 29.3 Å². The Balaban J connectivity index is 1.17. The topological polar surface area (TPSA) is 57.5 Å². The quantitative estimate of drug-likeness (QED) is 0.638. The average molecular weight is 445 g/mol. The molecular formula is C22H29FN6OS. The molecule has 2 aromatic rings. The maximum Gasteiger partial charge on any atom is 0.233 e. The standard InChI is InChI=1S/C22H29FN6OS/c23-17-4-6-18(7-5-17)26-12-14-27(15-13-26)20(30)16-31-22-25-24-21(29(22)19-8-9-19)28-10-2-1-3-11-28/h4-7,19H,1-3,8-16H2. The number of amides is 1. The van der Waals surface area contributed by atoms with Gasteiger partial charge in [-0.3, -0.25) is 9.36 Å². The van der Waals surface area contributed by atoms with E-state index in [0.29, 0.717) is 24.9 Å². The molecule has 7 nitrogen and oxygen atoms in total. The van der Waals surface area contributed by atoms with Crippen LogP contribution in [0.5, 0.6) is 0 Å². The predicted molar refractivity (Wildman–Crippen MR) is 120 cm³/mol. The Morgan fingerprint density at radius 1 is 0.935 bits per heavy atom. The summed E-state index contributed by atoms with van der Waals surface area (Å²) in [6.07, 6.45) is 6.06. The number of thioether (sulfide) groups is 1. The number of aromatic nitrogens is 3. The molecule has 5 rings (SSSR count). The molecule has 1 aliphatic carbocycles. The van der Waals surface area contributed by atoms with Crippen molar-refractivity contribution < 1.29 is 9.18 Å². The fourth-order valence-electron chi connectivity index (χ4n) is 4.41. The third-order valence-corrected chi connectivity index (χ3v) is 7.27. The molecule has 2 saturated heterocycles. The molecule has 1 aromatic carbocycles. The van der Waals surface area contributed by atoms with Crippen molar-refractivity contribution in [3.05, 3.63) is 30.1 Å². The first kappa shape index (κ1) is 20.6. The molecule has 1 aromatic heterocycles. The van der Waals surface area contributed by atoms with Crippen LogP contribution in [0.2, 0.25) is 0 Å². The zero-order valence-corrected chi connectivity index (χ0v) is 18.6. The highest BCUT2D eigenvalue weighted by Crippen LogP contribution is 2.41. The smallest absolute Gasteiger partial charge is 0.233 e. The van der Waals surface area contributed by atoms with Gasteiger partial charge in [-0.05, 0) is 56.4 Å². The minimum absolute atomic E-state index is 0.147. The number of rotatable bonds is 6. The molecule has 3 aliphatic rings. The van der Waals surface area contributed by atoms with Crippen LogP contribution in [0.25, 0.3) is 0 Å². The third kappa shape index (κ3) is 4.66. The summed E-state index contributed by atoms with van der Waals surface area (Å²) in [5.74, 6) is 1.30. The van der Waals surface area contributed by atoms with E-state index in [9.17, 15) is 9.18 Å². The molecular weight excluding hydrogens is 415 g/mol. The number of anilines is 2. The number of hydrogen-bond acceptors (Lipinski definition) is 6. The lowest BCUT2D eigenvalue weighted by molar-refractivity contribution is -0.128. The second-order valence-corrected chi connectivity index (χ2v) is 9.51. The number of hydrogen-bond donors (Lipinski definition) is 0. The molecule has 1 saturated carbocycles. The van der Waals surface area contributed by atoms with Crippen LogP contribution in [0.4, 0.5) is 16.0 Å². The summed E-state index contributed by atoms with van der Waals surface area (Å²) < 4.78 is 15.4. The molecule has 1 amide bonds. The molecule has 166 valence electrons. The van der Waals surface area contributed by atoms with Crippen LogP contribution in [0, 0.1) is 5.82 Å². The van der Waals surface area contributed by atoms with E-state index in [-0.39, 0.29) is 11.7 Å². The van der Waals surface area contributed by atoms with Crippen molar-refractivity contribution in [1.29, 1.82) is 0 Å². The molecule has 0 unspecified atom stereocenters. The van der Waals surface area contributed by atoms with Gasteiger partial charge in [0.2, 0.25) is 11.9 Å². The highest BCUT2D eigenvalue weighted by molar-refractivity contribution is 7.99. The minimum Gasteiger partial charge on any atom is -0.368 e. The van der Waals surface area contributed by atoms with Crippen LogP contribution >= 0.6 is 11.8 Å². The van der Waals surface area contributed by atoms with E-state index in [0.717, 1.165) is 43.0 Å². The van der Waals surface area contributed by atoms with E-state index in [1.54, 1.807) is 12.1 Å². The van der Waals surface area contributed by atoms with Gasteiger partial charge in [0.25, 0.3) is 0 Å². The fraction of sp³-hybridized carbons (Fsp3) is 0.591. The van der Waals surface area contributed by atoms with Crippen molar-refractivity contribution in [3.63, 3.8) is 0 Å². The molecule has 31 heavy (non-hydrogen) atoms. The third-order valence-electron chi connectivity index (χ3n) is 6.35. The highest BCUT2D eigenvalue weighted by atomic mass is 32.2. The Bertz CT molecular complexity index is 901. The summed E-state index contributed by atoms with van der Waals surface area (Å²) in [5, 5.41) is 9.83. The van der Waals surface area contributed by atoms with Crippen LogP contribution in [0.1, 0.15) is 38.1 Å². The number of carbonyl (C=O) groups is 1. The number of piperazine rings is 1. The Labute approximate surface area is 186 Å². The Morgan fingerprint density at radius 2 is 1.65 bits per heavy atom. The molecule has 0 bridgehead atoms. The van der Waals surface area contributed by atoms with Gasteiger partial charge in [0.15, 0.2) is 5.16 Å². The first-order valence-corrected chi connectivity index (χ1v) is 12.3. The lowest BCUT2D eigenvalue weighted by atomic mass is 10.1. The van der Waals surface area contributed by atoms with Gasteiger partial charge in [0.05, 0.1) is 5.75 Å². The first-order valence-electron chi connectivity index (χ1n) is 11.3. The van der Waals surface area contributed by atoms with Gasteiger partial charge in [-0.25, -0.2) is 4.39 Å². The molecule has 0 atom stereocenters. The minimum atomic E-state index is -0.225. The van der Waals surface area contributed by atoms with Crippen LogP contribution in [-0.2, 0) is 4.79 Å². The summed E-state index contributed by atoms with van der Waals surface area (Å²) in [7, 11) is 0. The zero-order valence-electron chi connectivity index (χ0n) is 17.7. The van der Waals surface area contributed by atoms with E-state index in [1.165, 1.54) is 56.0 Å². The number of piperidine rings is 1. The van der Waals surface area contributed by atoms with E-state index < -0.39 is 0 Å². The molecule has 3 heterocycles. The molecule has 0 spiro atoms. The molecule has 0 radical (unpaired) electrons. The number of nitrogens with zero attached hydrogens (tertiary/aromatic N) is 6. The van der Waals surface area contributed by atoms with E-state index in [1.807, 2.05) is 4.90 Å². The van der Waals surface area contributed by atoms with Gasteiger partial charge >= 0.3 is 0 Å². The Hall–Kier alpha value is -2.29. The van der Waals surface area contributed by atoms with Crippen LogP contribution < -0.4 is 9.80 Å². The number of benzene rings is 1. The predicted octanol–water partition coefficient (Wildman–Crippen LogP) is 3.18.